The molecule has 3 rings (SSSR count). The van der Waals surface area contributed by atoms with Crippen LogP contribution in [0.1, 0.15) is 40.0 Å². The van der Waals surface area contributed by atoms with Gasteiger partial charge in [0.1, 0.15) is 0 Å². The van der Waals surface area contributed by atoms with E-state index in [2.05, 4.69) is 10.6 Å². The topological polar surface area (TPSA) is 41.1 Å². The predicted octanol–water partition coefficient (Wildman–Crippen LogP) is 2.78. The zero-order valence-electron chi connectivity index (χ0n) is 11.5. The zero-order valence-corrected chi connectivity index (χ0v) is 11.5. The lowest BCUT2D eigenvalue weighted by molar-refractivity contribution is 0.0940. The number of nitrogens with one attached hydrogen (secondary N) is 2. The molecule has 0 aromatic heterocycles. The molecular formula is C17H18N2O. The van der Waals surface area contributed by atoms with Crippen LogP contribution in [0.25, 0.3) is 0 Å². The summed E-state index contributed by atoms with van der Waals surface area (Å²) in [7, 11) is 0. The fourth-order valence-corrected chi connectivity index (χ4v) is 2.54. The quantitative estimate of drug-likeness (QED) is 0.897. The largest absolute Gasteiger partial charge is 0.346 e. The molecule has 102 valence electrons. The molecule has 0 unspecified atom stereocenters. The van der Waals surface area contributed by atoms with Gasteiger partial charge >= 0.3 is 0 Å². The molecule has 3 nitrogen and oxygen atoms in total. The van der Waals surface area contributed by atoms with Gasteiger partial charge in [-0.15, -0.1) is 0 Å². The maximum Gasteiger partial charge on any atom is 0.251 e. The number of hydrogen-bond acceptors (Lipinski definition) is 2. The molecular weight excluding hydrogens is 248 g/mol. The van der Waals surface area contributed by atoms with Crippen molar-refractivity contribution in [3.63, 3.8) is 0 Å². The van der Waals surface area contributed by atoms with Crippen molar-refractivity contribution in [2.45, 2.75) is 26.1 Å². The number of carbonyl (C=O) groups excluding carboxylic acids is 1. The van der Waals surface area contributed by atoms with Gasteiger partial charge in [0.15, 0.2) is 0 Å². The summed E-state index contributed by atoms with van der Waals surface area (Å²) in [5.74, 6) is -0.0175. The van der Waals surface area contributed by atoms with Gasteiger partial charge in [0, 0.05) is 18.7 Å². The molecule has 20 heavy (non-hydrogen) atoms. The van der Waals surface area contributed by atoms with Crippen molar-refractivity contribution in [2.75, 3.05) is 0 Å². The highest BCUT2D eigenvalue weighted by atomic mass is 16.1. The third-order valence-corrected chi connectivity index (χ3v) is 3.75. The zero-order chi connectivity index (χ0) is 13.9. The highest BCUT2D eigenvalue weighted by Gasteiger charge is 2.15. The van der Waals surface area contributed by atoms with Gasteiger partial charge in [-0.2, -0.15) is 0 Å². The summed E-state index contributed by atoms with van der Waals surface area (Å²) in [5.41, 5.74) is 4.36. The Bertz CT molecular complexity index is 622. The van der Waals surface area contributed by atoms with Crippen LogP contribution in [0.3, 0.4) is 0 Å². The number of fused-ring (bicyclic) bond motifs is 1. The molecule has 1 heterocycles. The molecule has 1 aliphatic rings. The Morgan fingerprint density at radius 2 is 1.85 bits per heavy atom. The van der Waals surface area contributed by atoms with E-state index in [0.717, 1.165) is 24.2 Å². The molecule has 0 saturated carbocycles. The SMILES string of the molecule is C[C@H](NC(=O)c1ccc2c(c1)CNC2)c1ccccc1. The van der Waals surface area contributed by atoms with E-state index in [-0.39, 0.29) is 11.9 Å². The Balaban J connectivity index is 1.73. The summed E-state index contributed by atoms with van der Waals surface area (Å²) in [4.78, 5) is 12.3. The van der Waals surface area contributed by atoms with Crippen LogP contribution >= 0.6 is 0 Å². The van der Waals surface area contributed by atoms with Crippen LogP contribution in [-0.4, -0.2) is 5.91 Å². The molecule has 0 radical (unpaired) electrons. The molecule has 0 fully saturated rings. The van der Waals surface area contributed by atoms with Crippen molar-refractivity contribution in [3.8, 4) is 0 Å². The molecule has 2 aromatic rings. The van der Waals surface area contributed by atoms with Crippen LogP contribution in [0.4, 0.5) is 0 Å². The standard InChI is InChI=1S/C17H18N2O/c1-12(13-5-3-2-4-6-13)19-17(20)14-7-8-15-10-18-11-16(15)9-14/h2-9,12,18H,10-11H2,1H3,(H,19,20)/t12-/m0/s1. The van der Waals surface area contributed by atoms with Gasteiger partial charge in [0.05, 0.1) is 6.04 Å². The van der Waals surface area contributed by atoms with Crippen molar-refractivity contribution in [1.82, 2.24) is 10.6 Å². The lowest BCUT2D eigenvalue weighted by atomic mass is 10.0. The lowest BCUT2D eigenvalue weighted by Crippen LogP contribution is -2.26. The normalized spacial score (nSPS) is 14.7. The summed E-state index contributed by atoms with van der Waals surface area (Å²) in [6.45, 7) is 3.75. The van der Waals surface area contributed by atoms with Gasteiger partial charge in [0.2, 0.25) is 0 Å². The van der Waals surface area contributed by atoms with Crippen molar-refractivity contribution in [1.29, 1.82) is 0 Å². The molecule has 0 spiro atoms. The lowest BCUT2D eigenvalue weighted by Gasteiger charge is -2.14. The summed E-state index contributed by atoms with van der Waals surface area (Å²) in [5, 5.41) is 6.33. The minimum Gasteiger partial charge on any atom is -0.346 e. The second-order valence-electron chi connectivity index (χ2n) is 5.19. The predicted molar refractivity (Wildman–Crippen MR) is 79.3 cm³/mol. The minimum atomic E-state index is -0.0175. The first-order valence-electron chi connectivity index (χ1n) is 6.92. The molecule has 0 aliphatic carbocycles. The van der Waals surface area contributed by atoms with Crippen molar-refractivity contribution in [2.24, 2.45) is 0 Å². The van der Waals surface area contributed by atoms with Gasteiger partial charge in [-0.1, -0.05) is 36.4 Å². The van der Waals surface area contributed by atoms with Crippen LogP contribution in [0.15, 0.2) is 48.5 Å². The van der Waals surface area contributed by atoms with E-state index < -0.39 is 0 Å². The third kappa shape index (κ3) is 2.58. The Kier molecular flexibility index (Phi) is 3.52. The second kappa shape index (κ2) is 5.47. The average Bonchev–Trinajstić information content (AvgIpc) is 2.95. The smallest absolute Gasteiger partial charge is 0.251 e. The summed E-state index contributed by atoms with van der Waals surface area (Å²) in [6, 6.07) is 15.9. The number of hydrogen-bond donors (Lipinski definition) is 2. The van der Waals surface area contributed by atoms with E-state index in [4.69, 9.17) is 0 Å². The van der Waals surface area contributed by atoms with Gasteiger partial charge in [0.25, 0.3) is 5.91 Å². The highest BCUT2D eigenvalue weighted by molar-refractivity contribution is 5.94. The first kappa shape index (κ1) is 12.9. The number of amides is 1. The fourth-order valence-electron chi connectivity index (χ4n) is 2.54. The van der Waals surface area contributed by atoms with Gasteiger partial charge in [-0.05, 0) is 35.7 Å². The fraction of sp³-hybridized carbons (Fsp3) is 0.235. The van der Waals surface area contributed by atoms with E-state index in [9.17, 15) is 4.79 Å². The molecule has 3 heteroatoms. The molecule has 1 amide bonds. The Morgan fingerprint density at radius 1 is 1.10 bits per heavy atom. The first-order chi connectivity index (χ1) is 9.74. The molecule has 2 N–H and O–H groups in total. The average molecular weight is 266 g/mol. The first-order valence-corrected chi connectivity index (χ1v) is 6.92. The Labute approximate surface area is 119 Å². The van der Waals surface area contributed by atoms with Crippen LogP contribution in [0.5, 0.6) is 0 Å². The van der Waals surface area contributed by atoms with E-state index in [1.807, 2.05) is 55.5 Å². The summed E-state index contributed by atoms with van der Waals surface area (Å²) in [6.07, 6.45) is 0. The summed E-state index contributed by atoms with van der Waals surface area (Å²) < 4.78 is 0. The molecule has 1 aliphatic heterocycles. The van der Waals surface area contributed by atoms with Crippen LogP contribution in [-0.2, 0) is 13.1 Å². The third-order valence-electron chi connectivity index (χ3n) is 3.75. The van der Waals surface area contributed by atoms with Crippen molar-refractivity contribution in [3.05, 3.63) is 70.8 Å². The molecule has 0 saturated heterocycles. The molecule has 2 aromatic carbocycles. The van der Waals surface area contributed by atoms with Crippen LogP contribution < -0.4 is 10.6 Å². The van der Waals surface area contributed by atoms with E-state index in [1.54, 1.807) is 0 Å². The van der Waals surface area contributed by atoms with Gasteiger partial charge in [-0.3, -0.25) is 4.79 Å². The maximum absolute atomic E-state index is 12.3. The minimum absolute atomic E-state index is 0.00933. The van der Waals surface area contributed by atoms with E-state index in [0.29, 0.717) is 0 Å². The summed E-state index contributed by atoms with van der Waals surface area (Å²) >= 11 is 0. The van der Waals surface area contributed by atoms with E-state index >= 15 is 0 Å². The van der Waals surface area contributed by atoms with Crippen molar-refractivity contribution >= 4 is 5.91 Å². The highest BCUT2D eigenvalue weighted by Crippen LogP contribution is 2.18. The molecule has 0 bridgehead atoms. The second-order valence-corrected chi connectivity index (χ2v) is 5.19. The van der Waals surface area contributed by atoms with Gasteiger partial charge in [-0.25, -0.2) is 0 Å². The number of rotatable bonds is 3. The van der Waals surface area contributed by atoms with E-state index in [1.165, 1.54) is 11.1 Å². The van der Waals surface area contributed by atoms with Crippen LogP contribution in [0, 0.1) is 0 Å². The maximum atomic E-state index is 12.3. The van der Waals surface area contributed by atoms with Crippen molar-refractivity contribution < 1.29 is 4.79 Å². The Hall–Kier alpha value is -2.13. The number of carbonyl (C=O) groups is 1. The monoisotopic (exact) mass is 266 g/mol. The number of benzene rings is 2. The van der Waals surface area contributed by atoms with Gasteiger partial charge < -0.3 is 10.6 Å². The molecule has 1 atom stereocenters. The van der Waals surface area contributed by atoms with Crippen LogP contribution in [0.2, 0.25) is 0 Å². The Morgan fingerprint density at radius 3 is 2.65 bits per heavy atom.